The Kier molecular flexibility index (Phi) is 4.54. The van der Waals surface area contributed by atoms with Gasteiger partial charge in [-0.2, -0.15) is 0 Å². The van der Waals surface area contributed by atoms with Gasteiger partial charge in [0.25, 0.3) is 0 Å². The molecule has 2 N–H and O–H groups in total. The summed E-state index contributed by atoms with van der Waals surface area (Å²) in [5, 5.41) is 20.7. The van der Waals surface area contributed by atoms with Crippen molar-refractivity contribution in [2.24, 2.45) is 0 Å². The fourth-order valence-corrected chi connectivity index (χ4v) is 2.42. The number of hydrogen-bond donors (Lipinski definition) is 2. The lowest BCUT2D eigenvalue weighted by Gasteiger charge is -2.31. The van der Waals surface area contributed by atoms with Gasteiger partial charge in [-0.3, -0.25) is 0 Å². The third-order valence-electron chi connectivity index (χ3n) is 4.94. The monoisotopic (exact) mass is 264 g/mol. The molecule has 0 aromatic heterocycles. The number of phenolic OH excluding ortho intramolecular Hbond substituents is 2. The van der Waals surface area contributed by atoms with Crippen LogP contribution < -0.4 is 0 Å². The average molecular weight is 264 g/mol. The second-order valence-electron chi connectivity index (χ2n) is 6.39. The molecule has 0 aliphatic heterocycles. The minimum Gasteiger partial charge on any atom is -0.508 e. The molecule has 0 bridgehead atoms. The molecule has 108 valence electrons. The highest BCUT2D eigenvalue weighted by Gasteiger charge is 2.29. The lowest BCUT2D eigenvalue weighted by molar-refractivity contribution is 0.382. The Bertz CT molecular complexity index is 443. The highest BCUT2D eigenvalue weighted by molar-refractivity contribution is 5.50. The largest absolute Gasteiger partial charge is 0.508 e. The molecule has 1 rings (SSSR count). The first-order chi connectivity index (χ1) is 8.71. The van der Waals surface area contributed by atoms with E-state index in [-0.39, 0.29) is 10.8 Å². The summed E-state index contributed by atoms with van der Waals surface area (Å²) in [5.41, 5.74) is 1.46. The zero-order valence-electron chi connectivity index (χ0n) is 13.2. The first-order valence-corrected chi connectivity index (χ1v) is 7.28. The second kappa shape index (κ2) is 5.44. The molecule has 0 unspecified atom stereocenters. The van der Waals surface area contributed by atoms with E-state index in [4.69, 9.17) is 0 Å². The standard InChI is InChI=1S/C17H28O2/c1-7-16(4,5)12-10-15(19)13(11-14(12)18)17(6,8-2)9-3/h10-11,18-19H,7-9H2,1-6H3. The third kappa shape index (κ3) is 2.88. The molecule has 19 heavy (non-hydrogen) atoms. The van der Waals surface area contributed by atoms with Crippen molar-refractivity contribution in [2.75, 3.05) is 0 Å². The summed E-state index contributed by atoms with van der Waals surface area (Å²) in [6.07, 6.45) is 2.79. The number of benzene rings is 1. The van der Waals surface area contributed by atoms with E-state index in [9.17, 15) is 10.2 Å². The lowest BCUT2D eigenvalue weighted by Crippen LogP contribution is -2.21. The van der Waals surface area contributed by atoms with Crippen molar-refractivity contribution in [3.63, 3.8) is 0 Å². The van der Waals surface area contributed by atoms with Gasteiger partial charge in [0.15, 0.2) is 0 Å². The Hall–Kier alpha value is -1.18. The molecule has 1 aromatic carbocycles. The molecule has 2 nitrogen and oxygen atoms in total. The van der Waals surface area contributed by atoms with Crippen LogP contribution in [0.2, 0.25) is 0 Å². The van der Waals surface area contributed by atoms with Crippen LogP contribution in [0.15, 0.2) is 12.1 Å². The smallest absolute Gasteiger partial charge is 0.119 e. The van der Waals surface area contributed by atoms with Crippen LogP contribution in [0.5, 0.6) is 11.5 Å². The van der Waals surface area contributed by atoms with Crippen LogP contribution >= 0.6 is 0 Å². The van der Waals surface area contributed by atoms with Crippen LogP contribution in [0, 0.1) is 0 Å². The normalized spacial score (nSPS) is 12.7. The van der Waals surface area contributed by atoms with E-state index >= 15 is 0 Å². The van der Waals surface area contributed by atoms with Gasteiger partial charge in [-0.25, -0.2) is 0 Å². The van der Waals surface area contributed by atoms with E-state index in [2.05, 4.69) is 41.5 Å². The predicted octanol–water partition coefficient (Wildman–Crippen LogP) is 4.86. The Labute approximate surface area is 117 Å². The van der Waals surface area contributed by atoms with Gasteiger partial charge in [0.1, 0.15) is 11.5 Å². The maximum atomic E-state index is 10.4. The predicted molar refractivity (Wildman–Crippen MR) is 81.0 cm³/mol. The zero-order valence-corrected chi connectivity index (χ0v) is 13.2. The van der Waals surface area contributed by atoms with Crippen LogP contribution in [-0.4, -0.2) is 10.2 Å². The van der Waals surface area contributed by atoms with E-state index in [1.807, 2.05) is 0 Å². The molecule has 0 saturated carbocycles. The summed E-state index contributed by atoms with van der Waals surface area (Å²) in [6, 6.07) is 3.51. The SMILES string of the molecule is CCC(C)(C)c1cc(O)c(C(C)(CC)CC)cc1O. The van der Waals surface area contributed by atoms with Crippen molar-refractivity contribution in [3.05, 3.63) is 23.3 Å². The van der Waals surface area contributed by atoms with Crippen molar-refractivity contribution < 1.29 is 10.2 Å². The van der Waals surface area contributed by atoms with E-state index in [0.29, 0.717) is 11.5 Å². The van der Waals surface area contributed by atoms with Gasteiger partial charge in [-0.1, -0.05) is 41.5 Å². The fourth-order valence-electron chi connectivity index (χ4n) is 2.42. The Morgan fingerprint density at radius 1 is 0.789 bits per heavy atom. The molecule has 0 amide bonds. The summed E-state index contributed by atoms with van der Waals surface area (Å²) in [4.78, 5) is 0. The molecule has 0 radical (unpaired) electrons. The molecule has 0 fully saturated rings. The minimum absolute atomic E-state index is 0.0869. The Balaban J connectivity index is 3.40. The van der Waals surface area contributed by atoms with Crippen molar-refractivity contribution in [1.29, 1.82) is 0 Å². The molecule has 0 aliphatic rings. The van der Waals surface area contributed by atoms with Gasteiger partial charge in [-0.15, -0.1) is 0 Å². The molecule has 0 atom stereocenters. The van der Waals surface area contributed by atoms with Crippen molar-refractivity contribution >= 4 is 0 Å². The minimum atomic E-state index is -0.130. The number of phenols is 2. The summed E-state index contributed by atoms with van der Waals surface area (Å²) in [5.74, 6) is 0.605. The highest BCUT2D eigenvalue weighted by Crippen LogP contribution is 2.43. The van der Waals surface area contributed by atoms with Crippen molar-refractivity contribution in [3.8, 4) is 11.5 Å². The van der Waals surface area contributed by atoms with Gasteiger partial charge in [0.2, 0.25) is 0 Å². The molecule has 0 saturated heterocycles. The lowest BCUT2D eigenvalue weighted by atomic mass is 9.74. The Morgan fingerprint density at radius 3 is 1.63 bits per heavy atom. The van der Waals surface area contributed by atoms with Crippen molar-refractivity contribution in [2.45, 2.75) is 71.6 Å². The number of aromatic hydroxyl groups is 2. The molecule has 0 spiro atoms. The van der Waals surface area contributed by atoms with Gasteiger partial charge in [0.05, 0.1) is 0 Å². The van der Waals surface area contributed by atoms with E-state index in [1.54, 1.807) is 12.1 Å². The molecule has 2 heteroatoms. The molecule has 0 heterocycles. The maximum absolute atomic E-state index is 10.4. The first-order valence-electron chi connectivity index (χ1n) is 7.28. The zero-order chi connectivity index (χ0) is 14.8. The second-order valence-corrected chi connectivity index (χ2v) is 6.39. The molecule has 0 aliphatic carbocycles. The van der Waals surface area contributed by atoms with Gasteiger partial charge in [0, 0.05) is 11.1 Å². The van der Waals surface area contributed by atoms with E-state index in [0.717, 1.165) is 30.4 Å². The highest BCUT2D eigenvalue weighted by atomic mass is 16.3. The topological polar surface area (TPSA) is 40.5 Å². The van der Waals surface area contributed by atoms with Gasteiger partial charge in [-0.05, 0) is 42.2 Å². The van der Waals surface area contributed by atoms with Crippen LogP contribution in [0.25, 0.3) is 0 Å². The summed E-state index contributed by atoms with van der Waals surface area (Å²) in [7, 11) is 0. The number of rotatable bonds is 5. The summed E-state index contributed by atoms with van der Waals surface area (Å²) < 4.78 is 0. The Morgan fingerprint density at radius 2 is 1.21 bits per heavy atom. The first kappa shape index (κ1) is 15.9. The summed E-state index contributed by atoms with van der Waals surface area (Å²) in [6.45, 7) is 12.6. The maximum Gasteiger partial charge on any atom is 0.119 e. The van der Waals surface area contributed by atoms with E-state index < -0.39 is 0 Å². The molecular formula is C17H28O2. The van der Waals surface area contributed by atoms with Crippen molar-refractivity contribution in [1.82, 2.24) is 0 Å². The molecular weight excluding hydrogens is 236 g/mol. The fraction of sp³-hybridized carbons (Fsp3) is 0.647. The van der Waals surface area contributed by atoms with E-state index in [1.165, 1.54) is 0 Å². The third-order valence-corrected chi connectivity index (χ3v) is 4.94. The molecule has 1 aromatic rings. The number of hydrogen-bond acceptors (Lipinski definition) is 2. The van der Waals surface area contributed by atoms with Crippen LogP contribution in [0.1, 0.15) is 71.9 Å². The van der Waals surface area contributed by atoms with Gasteiger partial charge >= 0.3 is 0 Å². The summed E-state index contributed by atoms with van der Waals surface area (Å²) >= 11 is 0. The van der Waals surface area contributed by atoms with Crippen LogP contribution in [0.4, 0.5) is 0 Å². The van der Waals surface area contributed by atoms with Crippen LogP contribution in [-0.2, 0) is 10.8 Å². The quantitative estimate of drug-likeness (QED) is 0.745. The average Bonchev–Trinajstić information content (AvgIpc) is 2.39. The van der Waals surface area contributed by atoms with Crippen LogP contribution in [0.3, 0.4) is 0 Å². The van der Waals surface area contributed by atoms with Gasteiger partial charge < -0.3 is 10.2 Å².